The molecule has 0 aliphatic heterocycles. The van der Waals surface area contributed by atoms with Gasteiger partial charge in [-0.15, -0.1) is 0 Å². The summed E-state index contributed by atoms with van der Waals surface area (Å²) in [6.07, 6.45) is 17.0. The van der Waals surface area contributed by atoms with Crippen molar-refractivity contribution in [2.24, 2.45) is 5.92 Å². The van der Waals surface area contributed by atoms with Crippen molar-refractivity contribution in [1.82, 2.24) is 0 Å². The standard InChI is InChI=1S/C21H42O4/c1-2-3-4-5-6-7-8-11-14-19(17-20(23)18-22)15-12-9-10-13-16-21(24)25/h19-20,22-23H,2-18H2,1H3,(H,24,25). The molecule has 3 N–H and O–H groups in total. The minimum absolute atomic E-state index is 0.146. The van der Waals surface area contributed by atoms with E-state index in [1.165, 1.54) is 51.4 Å². The Balaban J connectivity index is 3.76. The fourth-order valence-corrected chi connectivity index (χ4v) is 3.47. The Bertz CT molecular complexity index is 294. The second kappa shape index (κ2) is 18.2. The van der Waals surface area contributed by atoms with Crippen LogP contribution in [0.2, 0.25) is 0 Å². The lowest BCUT2D eigenvalue weighted by molar-refractivity contribution is -0.137. The lowest BCUT2D eigenvalue weighted by Gasteiger charge is -2.19. The van der Waals surface area contributed by atoms with Crippen molar-refractivity contribution in [3.63, 3.8) is 0 Å². The second-order valence-electron chi connectivity index (χ2n) is 7.55. The number of aliphatic carboxylic acids is 1. The molecule has 4 heteroatoms. The van der Waals surface area contributed by atoms with Gasteiger partial charge in [0.2, 0.25) is 0 Å². The molecule has 0 saturated carbocycles. The van der Waals surface area contributed by atoms with Gasteiger partial charge in [-0.25, -0.2) is 0 Å². The van der Waals surface area contributed by atoms with Crippen LogP contribution in [0.5, 0.6) is 0 Å². The third kappa shape index (κ3) is 18.0. The maximum absolute atomic E-state index is 10.5. The molecule has 150 valence electrons. The number of rotatable bonds is 19. The van der Waals surface area contributed by atoms with Crippen LogP contribution in [-0.4, -0.2) is 34.0 Å². The van der Waals surface area contributed by atoms with E-state index < -0.39 is 12.1 Å². The van der Waals surface area contributed by atoms with Crippen LogP contribution >= 0.6 is 0 Å². The van der Waals surface area contributed by atoms with Crippen LogP contribution in [0, 0.1) is 5.92 Å². The smallest absolute Gasteiger partial charge is 0.303 e. The molecule has 0 heterocycles. The fraction of sp³-hybridized carbons (Fsp3) is 0.952. The van der Waals surface area contributed by atoms with Crippen molar-refractivity contribution in [1.29, 1.82) is 0 Å². The van der Waals surface area contributed by atoms with Crippen LogP contribution in [0.15, 0.2) is 0 Å². The van der Waals surface area contributed by atoms with Gasteiger partial charge in [0.05, 0.1) is 12.7 Å². The molecule has 2 atom stereocenters. The third-order valence-corrected chi connectivity index (χ3v) is 5.04. The Morgan fingerprint density at radius 3 is 1.76 bits per heavy atom. The van der Waals surface area contributed by atoms with E-state index in [9.17, 15) is 9.90 Å². The number of aliphatic hydroxyl groups excluding tert-OH is 2. The number of unbranched alkanes of at least 4 members (excludes halogenated alkanes) is 10. The Morgan fingerprint density at radius 1 is 0.800 bits per heavy atom. The van der Waals surface area contributed by atoms with E-state index >= 15 is 0 Å². The highest BCUT2D eigenvalue weighted by Gasteiger charge is 2.13. The van der Waals surface area contributed by atoms with E-state index in [2.05, 4.69) is 6.92 Å². The molecule has 0 saturated heterocycles. The first-order valence-corrected chi connectivity index (χ1v) is 10.6. The monoisotopic (exact) mass is 358 g/mol. The van der Waals surface area contributed by atoms with Crippen LogP contribution in [0.4, 0.5) is 0 Å². The molecule has 0 aromatic carbocycles. The van der Waals surface area contributed by atoms with Gasteiger partial charge in [0.1, 0.15) is 0 Å². The Kier molecular flexibility index (Phi) is 17.7. The summed E-state index contributed by atoms with van der Waals surface area (Å²) in [4.78, 5) is 10.5. The summed E-state index contributed by atoms with van der Waals surface area (Å²) in [6.45, 7) is 2.10. The van der Waals surface area contributed by atoms with Crippen molar-refractivity contribution in [3.8, 4) is 0 Å². The van der Waals surface area contributed by atoms with Crippen molar-refractivity contribution in [2.75, 3.05) is 6.61 Å². The van der Waals surface area contributed by atoms with Gasteiger partial charge >= 0.3 is 5.97 Å². The summed E-state index contributed by atoms with van der Waals surface area (Å²) in [7, 11) is 0. The Morgan fingerprint density at radius 2 is 1.28 bits per heavy atom. The van der Waals surface area contributed by atoms with E-state index in [-0.39, 0.29) is 13.0 Å². The summed E-state index contributed by atoms with van der Waals surface area (Å²) in [6, 6.07) is 0. The van der Waals surface area contributed by atoms with Crippen molar-refractivity contribution < 1.29 is 20.1 Å². The average molecular weight is 359 g/mol. The maximum atomic E-state index is 10.5. The quantitative estimate of drug-likeness (QED) is 0.274. The van der Waals surface area contributed by atoms with Gasteiger partial charge in [-0.3, -0.25) is 4.79 Å². The predicted molar refractivity (Wildman–Crippen MR) is 104 cm³/mol. The highest BCUT2D eigenvalue weighted by atomic mass is 16.4. The van der Waals surface area contributed by atoms with Gasteiger partial charge in [0.15, 0.2) is 0 Å². The molecule has 0 spiro atoms. The van der Waals surface area contributed by atoms with E-state index in [0.717, 1.165) is 38.5 Å². The molecule has 4 nitrogen and oxygen atoms in total. The highest BCUT2D eigenvalue weighted by molar-refractivity contribution is 5.66. The SMILES string of the molecule is CCCCCCCCCCC(CCCCCCC(=O)O)CC(O)CO. The summed E-state index contributed by atoms with van der Waals surface area (Å²) in [5, 5.41) is 27.5. The second-order valence-corrected chi connectivity index (χ2v) is 7.55. The summed E-state index contributed by atoms with van der Waals surface area (Å²) in [5.74, 6) is -0.222. The predicted octanol–water partition coefficient (Wildman–Crippen LogP) is 5.30. The topological polar surface area (TPSA) is 77.8 Å². The van der Waals surface area contributed by atoms with E-state index in [4.69, 9.17) is 10.2 Å². The maximum Gasteiger partial charge on any atom is 0.303 e. The minimum atomic E-state index is -0.710. The van der Waals surface area contributed by atoms with Crippen LogP contribution in [0.1, 0.15) is 110 Å². The van der Waals surface area contributed by atoms with Gasteiger partial charge < -0.3 is 15.3 Å². The average Bonchev–Trinajstić information content (AvgIpc) is 2.59. The number of aliphatic hydroxyl groups is 2. The van der Waals surface area contributed by atoms with Gasteiger partial charge in [-0.2, -0.15) is 0 Å². The summed E-state index contributed by atoms with van der Waals surface area (Å²) < 4.78 is 0. The van der Waals surface area contributed by atoms with Gasteiger partial charge in [0, 0.05) is 6.42 Å². The molecule has 25 heavy (non-hydrogen) atoms. The lowest BCUT2D eigenvalue weighted by Crippen LogP contribution is -2.17. The molecule has 0 aromatic rings. The molecule has 0 aliphatic carbocycles. The first-order valence-electron chi connectivity index (χ1n) is 10.6. The minimum Gasteiger partial charge on any atom is -0.481 e. The van der Waals surface area contributed by atoms with Crippen LogP contribution < -0.4 is 0 Å². The Hall–Kier alpha value is -0.610. The molecule has 0 bridgehead atoms. The lowest BCUT2D eigenvalue weighted by atomic mass is 9.89. The zero-order valence-electron chi connectivity index (χ0n) is 16.4. The van der Waals surface area contributed by atoms with Crippen molar-refractivity contribution in [3.05, 3.63) is 0 Å². The molecule has 2 unspecified atom stereocenters. The number of hydrogen-bond acceptors (Lipinski definition) is 3. The summed E-state index contributed by atoms with van der Waals surface area (Å²) in [5.41, 5.74) is 0. The van der Waals surface area contributed by atoms with E-state index in [1.807, 2.05) is 0 Å². The molecule has 0 aliphatic rings. The first kappa shape index (κ1) is 24.4. The molecule has 0 fully saturated rings. The number of carboxylic acid groups (broad SMARTS) is 1. The molecular weight excluding hydrogens is 316 g/mol. The first-order chi connectivity index (χ1) is 12.1. The fourth-order valence-electron chi connectivity index (χ4n) is 3.47. The Labute approximate surface area is 155 Å². The molecule has 0 rings (SSSR count). The zero-order valence-corrected chi connectivity index (χ0v) is 16.4. The molecule has 0 aromatic heterocycles. The number of carboxylic acids is 1. The van der Waals surface area contributed by atoms with Gasteiger partial charge in [-0.05, 0) is 18.8 Å². The number of carbonyl (C=O) groups is 1. The van der Waals surface area contributed by atoms with E-state index in [1.54, 1.807) is 0 Å². The molecule has 0 radical (unpaired) electrons. The largest absolute Gasteiger partial charge is 0.481 e. The van der Waals surface area contributed by atoms with Crippen LogP contribution in [-0.2, 0) is 4.79 Å². The summed E-state index contributed by atoms with van der Waals surface area (Å²) >= 11 is 0. The van der Waals surface area contributed by atoms with Gasteiger partial charge in [0.25, 0.3) is 0 Å². The van der Waals surface area contributed by atoms with Crippen molar-refractivity contribution >= 4 is 5.97 Å². The third-order valence-electron chi connectivity index (χ3n) is 5.04. The zero-order chi connectivity index (χ0) is 18.8. The van der Waals surface area contributed by atoms with Crippen molar-refractivity contribution in [2.45, 2.75) is 116 Å². The van der Waals surface area contributed by atoms with Gasteiger partial charge in [-0.1, -0.05) is 90.4 Å². The highest BCUT2D eigenvalue weighted by Crippen LogP contribution is 2.23. The van der Waals surface area contributed by atoms with Crippen LogP contribution in [0.3, 0.4) is 0 Å². The molecule has 0 amide bonds. The normalized spacial score (nSPS) is 13.7. The van der Waals surface area contributed by atoms with Crippen LogP contribution in [0.25, 0.3) is 0 Å². The molecular formula is C21H42O4. The van der Waals surface area contributed by atoms with E-state index in [0.29, 0.717) is 12.3 Å². The number of hydrogen-bond donors (Lipinski definition) is 3.